The van der Waals surface area contributed by atoms with E-state index in [2.05, 4.69) is 5.32 Å². The molecule has 0 radical (unpaired) electrons. The Labute approximate surface area is 67.4 Å². The van der Waals surface area contributed by atoms with Gasteiger partial charge < -0.3 is 14.8 Å². The minimum Gasteiger partial charge on any atom is -0.391 e. The molecule has 1 aliphatic heterocycles. The summed E-state index contributed by atoms with van der Waals surface area (Å²) < 4.78 is 10.7. The van der Waals surface area contributed by atoms with E-state index in [4.69, 9.17) is 9.47 Å². The average Bonchev–Trinajstić information content (AvgIpc) is 2.07. The fraction of sp³-hybridized carbons (Fsp3) is 0.750. The van der Waals surface area contributed by atoms with Gasteiger partial charge in [-0.1, -0.05) is 0 Å². The molecule has 0 aromatic heterocycles. The minimum absolute atomic E-state index is 0.472. The van der Waals surface area contributed by atoms with Crippen molar-refractivity contribution in [2.75, 3.05) is 20.3 Å². The van der Waals surface area contributed by atoms with Crippen LogP contribution < -0.4 is 5.32 Å². The third-order valence-corrected chi connectivity index (χ3v) is 1.81. The van der Waals surface area contributed by atoms with Gasteiger partial charge in [0.1, 0.15) is 0 Å². The fourth-order valence-electron chi connectivity index (χ4n) is 1.19. The van der Waals surface area contributed by atoms with Crippen molar-refractivity contribution in [3.63, 3.8) is 0 Å². The Balaban J connectivity index is 2.57. The average molecular weight is 157 g/mol. The molecule has 11 heavy (non-hydrogen) atoms. The van der Waals surface area contributed by atoms with Gasteiger partial charge >= 0.3 is 0 Å². The number of nitrogens with one attached hydrogen (secondary N) is 1. The summed E-state index contributed by atoms with van der Waals surface area (Å²) in [4.78, 5) is 0. The van der Waals surface area contributed by atoms with Crippen molar-refractivity contribution >= 4 is 0 Å². The van der Waals surface area contributed by atoms with Gasteiger partial charge in [0.05, 0.1) is 0 Å². The van der Waals surface area contributed by atoms with Crippen molar-refractivity contribution in [2.45, 2.75) is 19.1 Å². The molecule has 0 spiro atoms. The first-order valence-corrected chi connectivity index (χ1v) is 3.93. The van der Waals surface area contributed by atoms with E-state index in [1.807, 2.05) is 19.2 Å². The zero-order chi connectivity index (χ0) is 8.16. The van der Waals surface area contributed by atoms with Crippen LogP contribution in [0.2, 0.25) is 0 Å². The molecule has 0 aromatic carbocycles. The second kappa shape index (κ2) is 3.74. The highest BCUT2D eigenvalue weighted by Gasteiger charge is 2.28. The van der Waals surface area contributed by atoms with Crippen LogP contribution in [-0.2, 0) is 9.47 Å². The Morgan fingerprint density at radius 3 is 2.91 bits per heavy atom. The summed E-state index contributed by atoms with van der Waals surface area (Å²) in [5, 5.41) is 3.09. The van der Waals surface area contributed by atoms with Crippen LogP contribution in [0.3, 0.4) is 0 Å². The maximum atomic E-state index is 5.47. The maximum absolute atomic E-state index is 5.47. The summed E-state index contributed by atoms with van der Waals surface area (Å²) in [6.07, 6.45) is 4.66. The number of hydrogen-bond acceptors (Lipinski definition) is 3. The summed E-state index contributed by atoms with van der Waals surface area (Å²) >= 11 is 0. The maximum Gasteiger partial charge on any atom is 0.190 e. The zero-order valence-corrected chi connectivity index (χ0v) is 7.09. The second-order valence-corrected chi connectivity index (χ2v) is 2.49. The molecule has 64 valence electrons. The lowest BCUT2D eigenvalue weighted by atomic mass is 10.1. The van der Waals surface area contributed by atoms with Gasteiger partial charge in [0.2, 0.25) is 0 Å². The second-order valence-electron chi connectivity index (χ2n) is 2.49. The lowest BCUT2D eigenvalue weighted by Crippen LogP contribution is -2.39. The van der Waals surface area contributed by atoms with Crippen molar-refractivity contribution < 1.29 is 9.47 Å². The first-order chi connectivity index (χ1) is 5.33. The van der Waals surface area contributed by atoms with Gasteiger partial charge in [-0.25, -0.2) is 0 Å². The molecule has 0 saturated carbocycles. The zero-order valence-electron chi connectivity index (χ0n) is 7.09. The van der Waals surface area contributed by atoms with Crippen molar-refractivity contribution in [1.82, 2.24) is 5.32 Å². The van der Waals surface area contributed by atoms with Crippen molar-refractivity contribution in [3.05, 3.63) is 12.3 Å². The van der Waals surface area contributed by atoms with Crippen LogP contribution >= 0.6 is 0 Å². The van der Waals surface area contributed by atoms with E-state index in [-0.39, 0.29) is 0 Å². The smallest absolute Gasteiger partial charge is 0.190 e. The highest BCUT2D eigenvalue weighted by molar-refractivity contribution is 4.99. The molecule has 0 amide bonds. The summed E-state index contributed by atoms with van der Waals surface area (Å²) in [6.45, 7) is 3.55. The molecular weight excluding hydrogens is 142 g/mol. The highest BCUT2D eigenvalue weighted by atomic mass is 16.7. The molecule has 1 atom stereocenters. The lowest BCUT2D eigenvalue weighted by molar-refractivity contribution is -0.190. The van der Waals surface area contributed by atoms with Gasteiger partial charge in [-0.05, 0) is 19.2 Å². The summed E-state index contributed by atoms with van der Waals surface area (Å²) in [5.74, 6) is -0.472. The number of hydrogen-bond donors (Lipinski definition) is 1. The SMILES string of the molecule is CCOC1(OC)C=CNCC1. The quantitative estimate of drug-likeness (QED) is 0.617. The molecule has 0 saturated heterocycles. The highest BCUT2D eigenvalue weighted by Crippen LogP contribution is 2.20. The molecule has 1 rings (SSSR count). The third-order valence-electron chi connectivity index (χ3n) is 1.81. The van der Waals surface area contributed by atoms with Crippen LogP contribution in [0.15, 0.2) is 12.3 Å². The Hall–Kier alpha value is -0.540. The fourth-order valence-corrected chi connectivity index (χ4v) is 1.19. The number of rotatable bonds is 3. The van der Waals surface area contributed by atoms with E-state index in [9.17, 15) is 0 Å². The molecule has 0 aliphatic carbocycles. The monoisotopic (exact) mass is 157 g/mol. The molecule has 0 aromatic rings. The summed E-state index contributed by atoms with van der Waals surface area (Å²) in [6, 6.07) is 0. The summed E-state index contributed by atoms with van der Waals surface area (Å²) in [5.41, 5.74) is 0. The third kappa shape index (κ3) is 1.94. The molecule has 0 bridgehead atoms. The standard InChI is InChI=1S/C8H15NO2/c1-3-11-8(10-2)4-6-9-7-5-8/h4,6,9H,3,5,7H2,1-2H3. The van der Waals surface area contributed by atoms with Gasteiger partial charge in [-0.3, -0.25) is 0 Å². The topological polar surface area (TPSA) is 30.5 Å². The van der Waals surface area contributed by atoms with E-state index in [0.717, 1.165) is 13.0 Å². The molecule has 1 aliphatic rings. The van der Waals surface area contributed by atoms with Crippen molar-refractivity contribution in [1.29, 1.82) is 0 Å². The Bertz CT molecular complexity index is 147. The predicted molar refractivity (Wildman–Crippen MR) is 43.1 cm³/mol. The van der Waals surface area contributed by atoms with E-state index in [1.54, 1.807) is 7.11 Å². The molecule has 3 heteroatoms. The van der Waals surface area contributed by atoms with E-state index < -0.39 is 5.79 Å². The predicted octanol–water partition coefficient (Wildman–Crippen LogP) is 0.873. The number of ether oxygens (including phenoxy) is 2. The molecule has 0 fully saturated rings. The molecule has 1 N–H and O–H groups in total. The normalized spacial score (nSPS) is 30.0. The van der Waals surface area contributed by atoms with Crippen molar-refractivity contribution in [3.8, 4) is 0 Å². The van der Waals surface area contributed by atoms with Crippen LogP contribution in [-0.4, -0.2) is 26.0 Å². The largest absolute Gasteiger partial charge is 0.391 e. The van der Waals surface area contributed by atoms with Gasteiger partial charge in [0.25, 0.3) is 0 Å². The molecule has 3 nitrogen and oxygen atoms in total. The van der Waals surface area contributed by atoms with E-state index >= 15 is 0 Å². The number of methoxy groups -OCH3 is 1. The Morgan fingerprint density at radius 2 is 2.45 bits per heavy atom. The first kappa shape index (κ1) is 8.56. The van der Waals surface area contributed by atoms with Crippen LogP contribution in [0.4, 0.5) is 0 Å². The lowest BCUT2D eigenvalue weighted by Gasteiger charge is -2.31. The van der Waals surface area contributed by atoms with Crippen LogP contribution in [0.5, 0.6) is 0 Å². The molecule has 1 unspecified atom stereocenters. The summed E-state index contributed by atoms with van der Waals surface area (Å²) in [7, 11) is 1.67. The van der Waals surface area contributed by atoms with Crippen LogP contribution in [0.25, 0.3) is 0 Å². The molecule has 1 heterocycles. The van der Waals surface area contributed by atoms with Crippen LogP contribution in [0, 0.1) is 0 Å². The van der Waals surface area contributed by atoms with Gasteiger partial charge in [0, 0.05) is 26.7 Å². The van der Waals surface area contributed by atoms with Gasteiger partial charge in [-0.15, -0.1) is 0 Å². The van der Waals surface area contributed by atoms with Crippen molar-refractivity contribution in [2.24, 2.45) is 0 Å². The van der Waals surface area contributed by atoms with E-state index in [1.165, 1.54) is 0 Å². The Kier molecular flexibility index (Phi) is 2.91. The van der Waals surface area contributed by atoms with Gasteiger partial charge in [0.15, 0.2) is 5.79 Å². The Morgan fingerprint density at radius 1 is 1.64 bits per heavy atom. The van der Waals surface area contributed by atoms with Crippen LogP contribution in [0.1, 0.15) is 13.3 Å². The van der Waals surface area contributed by atoms with E-state index in [0.29, 0.717) is 6.61 Å². The molecular formula is C8H15NO2. The minimum atomic E-state index is -0.472. The van der Waals surface area contributed by atoms with Gasteiger partial charge in [-0.2, -0.15) is 0 Å². The first-order valence-electron chi connectivity index (χ1n) is 3.93.